The third-order valence-corrected chi connectivity index (χ3v) is 4.07. The van der Waals surface area contributed by atoms with Crippen LogP contribution in [0.25, 0.3) is 0 Å². The van der Waals surface area contributed by atoms with Crippen molar-refractivity contribution >= 4 is 0 Å². The zero-order valence-electron chi connectivity index (χ0n) is 12.0. The minimum absolute atomic E-state index is 0.669. The molecule has 3 unspecified atom stereocenters. The minimum Gasteiger partial charge on any atom is -0.394 e. The molecule has 2 aliphatic heterocycles. The van der Waals surface area contributed by atoms with Gasteiger partial charge in [0, 0.05) is 0 Å². The molecule has 23 heavy (non-hydrogen) atoms. The lowest BCUT2D eigenvalue weighted by Gasteiger charge is -2.43. The van der Waals surface area contributed by atoms with E-state index in [4.69, 9.17) is 24.4 Å². The van der Waals surface area contributed by atoms with E-state index in [2.05, 4.69) is 0 Å². The van der Waals surface area contributed by atoms with Crippen molar-refractivity contribution in [3.63, 3.8) is 0 Å². The summed E-state index contributed by atoms with van der Waals surface area (Å²) in [6.45, 7) is -2.32. The minimum atomic E-state index is -2.22. The Labute approximate surface area is 130 Å². The monoisotopic (exact) mass is 342 g/mol. The summed E-state index contributed by atoms with van der Waals surface area (Å²) in [5.74, 6) is -2.22. The zero-order chi connectivity index (χ0) is 17.4. The van der Waals surface area contributed by atoms with Crippen LogP contribution < -0.4 is 0 Å². The summed E-state index contributed by atoms with van der Waals surface area (Å²) in [7, 11) is 0. The quantitative estimate of drug-likeness (QED) is 0.238. The van der Waals surface area contributed by atoms with E-state index in [9.17, 15) is 30.6 Å². The Balaban J connectivity index is 2.18. The molecule has 2 aliphatic rings. The first kappa shape index (κ1) is 18.9. The molecule has 2 rings (SSSR count). The highest BCUT2D eigenvalue weighted by Crippen LogP contribution is 2.35. The van der Waals surface area contributed by atoms with Gasteiger partial charge in [0.15, 0.2) is 6.29 Å². The molecule has 136 valence electrons. The van der Waals surface area contributed by atoms with Crippen LogP contribution in [0.2, 0.25) is 0 Å². The van der Waals surface area contributed by atoms with Gasteiger partial charge in [0.05, 0.1) is 13.2 Å². The van der Waals surface area contributed by atoms with E-state index >= 15 is 0 Å². The van der Waals surface area contributed by atoms with E-state index in [0.29, 0.717) is 0 Å². The molecule has 11 nitrogen and oxygen atoms in total. The second-order valence-electron chi connectivity index (χ2n) is 5.56. The molecule has 11 heteroatoms. The fourth-order valence-corrected chi connectivity index (χ4v) is 2.63. The average molecular weight is 342 g/mol. The summed E-state index contributed by atoms with van der Waals surface area (Å²) in [6.07, 6.45) is -12.7. The highest BCUT2D eigenvalue weighted by Gasteiger charge is 2.58. The third kappa shape index (κ3) is 3.23. The van der Waals surface area contributed by atoms with Gasteiger partial charge in [-0.3, -0.25) is 0 Å². The second kappa shape index (κ2) is 7.21. The standard InChI is InChI=1S/C12H22O11/c13-1-4-6(16)8(18)9(19)11(21-4)23-12(3-15)10(20)7(17)5(2-14)22-12/h4-11,13-20H,1-3H2/t4?,5-,6-,7?,8-,9?,10-,11+,12+/m1/s1. The SMILES string of the molecule is OCC1O[C@@H](O[C@]2(CO)O[C@H](CO)C(O)[C@H]2O)C(O)[C@H](O)[C@@H]1O. The molecule has 8 N–H and O–H groups in total. The maximum absolute atomic E-state index is 10.00. The first-order chi connectivity index (χ1) is 10.8. The molecule has 0 saturated carbocycles. The van der Waals surface area contributed by atoms with E-state index < -0.39 is 74.6 Å². The maximum Gasteiger partial charge on any atom is 0.224 e. The second-order valence-corrected chi connectivity index (χ2v) is 5.56. The van der Waals surface area contributed by atoms with E-state index in [0.717, 1.165) is 0 Å². The van der Waals surface area contributed by atoms with Crippen molar-refractivity contribution in [2.45, 2.75) is 54.8 Å². The highest BCUT2D eigenvalue weighted by molar-refractivity contribution is 4.98. The van der Waals surface area contributed by atoms with Crippen molar-refractivity contribution < 1.29 is 55.1 Å². The molecule has 0 spiro atoms. The summed E-state index contributed by atoms with van der Waals surface area (Å²) < 4.78 is 15.4. The summed E-state index contributed by atoms with van der Waals surface area (Å²) >= 11 is 0. The molecular weight excluding hydrogens is 320 g/mol. The molecule has 2 saturated heterocycles. The lowest BCUT2D eigenvalue weighted by atomic mass is 9.99. The molecule has 9 atom stereocenters. The number of ether oxygens (including phenoxy) is 3. The van der Waals surface area contributed by atoms with Crippen LogP contribution in [0.15, 0.2) is 0 Å². The van der Waals surface area contributed by atoms with Gasteiger partial charge in [0.2, 0.25) is 5.79 Å². The molecule has 2 fully saturated rings. The van der Waals surface area contributed by atoms with Crippen molar-refractivity contribution in [2.24, 2.45) is 0 Å². The molecule has 0 aliphatic carbocycles. The number of hydrogen-bond donors (Lipinski definition) is 8. The van der Waals surface area contributed by atoms with Crippen molar-refractivity contribution in [1.82, 2.24) is 0 Å². The fraction of sp³-hybridized carbons (Fsp3) is 1.00. The van der Waals surface area contributed by atoms with Crippen LogP contribution in [-0.4, -0.2) is 115 Å². The Morgan fingerprint density at radius 1 is 0.783 bits per heavy atom. The summed E-state index contributed by atoms with van der Waals surface area (Å²) in [5, 5.41) is 76.7. The lowest BCUT2D eigenvalue weighted by molar-refractivity contribution is -0.383. The van der Waals surface area contributed by atoms with Crippen LogP contribution in [-0.2, 0) is 14.2 Å². The van der Waals surface area contributed by atoms with Gasteiger partial charge in [-0.1, -0.05) is 0 Å². The molecule has 0 aromatic rings. The predicted molar refractivity (Wildman–Crippen MR) is 68.6 cm³/mol. The van der Waals surface area contributed by atoms with Crippen LogP contribution in [0.1, 0.15) is 0 Å². The topological polar surface area (TPSA) is 190 Å². The Morgan fingerprint density at radius 2 is 1.39 bits per heavy atom. The predicted octanol–water partition coefficient (Wildman–Crippen LogP) is -5.40. The van der Waals surface area contributed by atoms with Gasteiger partial charge in [0.1, 0.15) is 49.3 Å². The van der Waals surface area contributed by atoms with Crippen molar-refractivity contribution in [2.75, 3.05) is 19.8 Å². The van der Waals surface area contributed by atoms with Crippen LogP contribution >= 0.6 is 0 Å². The van der Waals surface area contributed by atoms with Gasteiger partial charge in [0.25, 0.3) is 0 Å². The molecule has 0 aromatic carbocycles. The molecular formula is C12H22O11. The Bertz CT molecular complexity index is 393. The molecule has 2 heterocycles. The van der Waals surface area contributed by atoms with Gasteiger partial charge >= 0.3 is 0 Å². The Hall–Kier alpha value is -0.440. The van der Waals surface area contributed by atoms with Crippen LogP contribution in [0.4, 0.5) is 0 Å². The molecule has 0 aromatic heterocycles. The van der Waals surface area contributed by atoms with Crippen LogP contribution in [0.3, 0.4) is 0 Å². The lowest BCUT2D eigenvalue weighted by Crippen LogP contribution is -2.62. The fourth-order valence-electron chi connectivity index (χ4n) is 2.63. The van der Waals surface area contributed by atoms with Gasteiger partial charge in [-0.25, -0.2) is 0 Å². The van der Waals surface area contributed by atoms with E-state index in [1.165, 1.54) is 0 Å². The van der Waals surface area contributed by atoms with E-state index in [-0.39, 0.29) is 0 Å². The third-order valence-electron chi connectivity index (χ3n) is 4.07. The van der Waals surface area contributed by atoms with Gasteiger partial charge in [-0.15, -0.1) is 0 Å². The van der Waals surface area contributed by atoms with Crippen LogP contribution in [0.5, 0.6) is 0 Å². The van der Waals surface area contributed by atoms with Crippen molar-refractivity contribution in [3.8, 4) is 0 Å². The summed E-state index contributed by atoms with van der Waals surface area (Å²) in [5.41, 5.74) is 0. The smallest absolute Gasteiger partial charge is 0.224 e. The zero-order valence-corrected chi connectivity index (χ0v) is 12.0. The largest absolute Gasteiger partial charge is 0.394 e. The number of aliphatic hydroxyl groups excluding tert-OH is 8. The normalized spacial score (nSPS) is 51.1. The Kier molecular flexibility index (Phi) is 5.92. The van der Waals surface area contributed by atoms with Crippen LogP contribution in [0, 0.1) is 0 Å². The molecule has 0 amide bonds. The number of hydrogen-bond acceptors (Lipinski definition) is 11. The first-order valence-corrected chi connectivity index (χ1v) is 7.05. The number of rotatable bonds is 5. The number of aliphatic hydroxyl groups is 8. The van der Waals surface area contributed by atoms with Gasteiger partial charge in [-0.2, -0.15) is 0 Å². The first-order valence-electron chi connectivity index (χ1n) is 7.05. The highest BCUT2D eigenvalue weighted by atomic mass is 16.8. The average Bonchev–Trinajstić information content (AvgIpc) is 2.80. The molecule has 0 bridgehead atoms. The van der Waals surface area contributed by atoms with Gasteiger partial charge < -0.3 is 55.1 Å². The maximum atomic E-state index is 10.00. The summed E-state index contributed by atoms with van der Waals surface area (Å²) in [6, 6.07) is 0. The van der Waals surface area contributed by atoms with Crippen molar-refractivity contribution in [1.29, 1.82) is 0 Å². The van der Waals surface area contributed by atoms with Gasteiger partial charge in [-0.05, 0) is 0 Å². The van der Waals surface area contributed by atoms with E-state index in [1.807, 2.05) is 0 Å². The van der Waals surface area contributed by atoms with Crippen molar-refractivity contribution in [3.05, 3.63) is 0 Å². The van der Waals surface area contributed by atoms with E-state index in [1.54, 1.807) is 0 Å². The summed E-state index contributed by atoms with van der Waals surface area (Å²) in [4.78, 5) is 0. The molecule has 0 radical (unpaired) electrons. The Morgan fingerprint density at radius 3 is 1.87 bits per heavy atom.